The van der Waals surface area contributed by atoms with Crippen LogP contribution in [0.5, 0.6) is 5.75 Å². The number of nitrogens with one attached hydrogen (secondary N) is 1. The second-order valence-electron chi connectivity index (χ2n) is 3.98. The minimum atomic E-state index is 0.812. The first-order valence-electron chi connectivity index (χ1n) is 5.78. The molecule has 2 rings (SSSR count). The van der Waals surface area contributed by atoms with Crippen LogP contribution in [0, 0.1) is 6.92 Å². The van der Waals surface area contributed by atoms with Gasteiger partial charge < -0.3 is 4.74 Å². The summed E-state index contributed by atoms with van der Waals surface area (Å²) in [5.41, 5.74) is 6.13. The van der Waals surface area contributed by atoms with Crippen molar-refractivity contribution in [2.75, 3.05) is 12.5 Å². The molecule has 0 bridgehead atoms. The lowest BCUT2D eigenvalue weighted by atomic mass is 10.2. The molecule has 0 saturated heterocycles. The summed E-state index contributed by atoms with van der Waals surface area (Å²) >= 11 is 0. The molecule has 0 heterocycles. The van der Waals surface area contributed by atoms with E-state index in [9.17, 15) is 0 Å². The topological polar surface area (TPSA) is 33.6 Å². The summed E-state index contributed by atoms with van der Waals surface area (Å²) in [7, 11) is 1.65. The molecule has 18 heavy (non-hydrogen) atoms. The lowest BCUT2D eigenvalue weighted by Gasteiger charge is -2.03. The zero-order valence-corrected chi connectivity index (χ0v) is 10.6. The van der Waals surface area contributed by atoms with Gasteiger partial charge in [-0.3, -0.25) is 5.43 Å². The molecule has 0 aliphatic heterocycles. The predicted molar refractivity (Wildman–Crippen MR) is 75.4 cm³/mol. The second kappa shape index (κ2) is 5.87. The highest BCUT2D eigenvalue weighted by Crippen LogP contribution is 2.15. The number of nitrogens with zero attached hydrogens (tertiary/aromatic N) is 1. The van der Waals surface area contributed by atoms with Crippen LogP contribution < -0.4 is 10.2 Å². The Morgan fingerprint density at radius 2 is 1.78 bits per heavy atom. The van der Waals surface area contributed by atoms with Gasteiger partial charge in [0.15, 0.2) is 0 Å². The lowest BCUT2D eigenvalue weighted by molar-refractivity contribution is 0.414. The van der Waals surface area contributed by atoms with E-state index in [0.717, 1.165) is 17.0 Å². The summed E-state index contributed by atoms with van der Waals surface area (Å²) in [6.45, 7) is 2.06. The Hall–Kier alpha value is -2.29. The highest BCUT2D eigenvalue weighted by molar-refractivity contribution is 5.83. The number of methoxy groups -OCH3 is 1. The van der Waals surface area contributed by atoms with E-state index >= 15 is 0 Å². The number of anilines is 1. The first kappa shape index (κ1) is 12.2. The highest BCUT2D eigenvalue weighted by atomic mass is 16.5. The third kappa shape index (κ3) is 3.10. The average Bonchev–Trinajstić information content (AvgIpc) is 2.41. The van der Waals surface area contributed by atoms with Gasteiger partial charge in [-0.2, -0.15) is 5.10 Å². The third-order valence-corrected chi connectivity index (χ3v) is 2.59. The SMILES string of the molecule is COc1ccccc1/C=N/Nc1ccc(C)cc1. The minimum absolute atomic E-state index is 0.812. The average molecular weight is 240 g/mol. The van der Waals surface area contributed by atoms with Crippen LogP contribution >= 0.6 is 0 Å². The summed E-state index contributed by atoms with van der Waals surface area (Å²) in [5, 5.41) is 4.20. The Kier molecular flexibility index (Phi) is 3.97. The predicted octanol–water partition coefficient (Wildman–Crippen LogP) is 3.45. The van der Waals surface area contributed by atoms with Crippen molar-refractivity contribution >= 4 is 11.9 Å². The second-order valence-corrected chi connectivity index (χ2v) is 3.98. The quantitative estimate of drug-likeness (QED) is 0.656. The van der Waals surface area contributed by atoms with Gasteiger partial charge in [0, 0.05) is 5.56 Å². The molecule has 0 fully saturated rings. The first-order valence-corrected chi connectivity index (χ1v) is 5.78. The fourth-order valence-corrected chi connectivity index (χ4v) is 1.58. The van der Waals surface area contributed by atoms with Gasteiger partial charge in [0.25, 0.3) is 0 Å². The molecule has 0 aliphatic carbocycles. The molecule has 0 atom stereocenters. The Bertz CT molecular complexity index is 532. The Balaban J connectivity index is 2.05. The van der Waals surface area contributed by atoms with Crippen LogP contribution in [0.1, 0.15) is 11.1 Å². The van der Waals surface area contributed by atoms with Gasteiger partial charge >= 0.3 is 0 Å². The Morgan fingerprint density at radius 1 is 1.06 bits per heavy atom. The van der Waals surface area contributed by atoms with Gasteiger partial charge in [-0.05, 0) is 31.2 Å². The summed E-state index contributed by atoms with van der Waals surface area (Å²) in [5.74, 6) is 0.812. The molecule has 0 saturated carbocycles. The van der Waals surface area contributed by atoms with E-state index in [1.807, 2.05) is 48.5 Å². The number of hydrogen-bond donors (Lipinski definition) is 1. The molecular weight excluding hydrogens is 224 g/mol. The fourth-order valence-electron chi connectivity index (χ4n) is 1.58. The van der Waals surface area contributed by atoms with Crippen molar-refractivity contribution in [1.82, 2.24) is 0 Å². The molecule has 0 aromatic heterocycles. The van der Waals surface area contributed by atoms with Crippen molar-refractivity contribution in [3.63, 3.8) is 0 Å². The molecular formula is C15H16N2O. The van der Waals surface area contributed by atoms with Crippen LogP contribution in [0.15, 0.2) is 53.6 Å². The van der Waals surface area contributed by atoms with Crippen LogP contribution in [0.3, 0.4) is 0 Å². The van der Waals surface area contributed by atoms with Gasteiger partial charge in [0.2, 0.25) is 0 Å². The summed E-state index contributed by atoms with van der Waals surface area (Å²) in [6.07, 6.45) is 1.75. The smallest absolute Gasteiger partial charge is 0.127 e. The van der Waals surface area contributed by atoms with Crippen LogP contribution in [0.4, 0.5) is 5.69 Å². The maximum Gasteiger partial charge on any atom is 0.127 e. The monoisotopic (exact) mass is 240 g/mol. The molecule has 0 aliphatic rings. The minimum Gasteiger partial charge on any atom is -0.496 e. The van der Waals surface area contributed by atoms with E-state index in [-0.39, 0.29) is 0 Å². The van der Waals surface area contributed by atoms with E-state index in [1.165, 1.54) is 5.56 Å². The van der Waals surface area contributed by atoms with Crippen molar-refractivity contribution in [2.24, 2.45) is 5.10 Å². The first-order chi connectivity index (χ1) is 8.79. The zero-order chi connectivity index (χ0) is 12.8. The number of para-hydroxylation sites is 1. The maximum absolute atomic E-state index is 5.24. The van der Waals surface area contributed by atoms with Gasteiger partial charge in [-0.1, -0.05) is 29.8 Å². The molecule has 2 aromatic rings. The molecule has 0 radical (unpaired) electrons. The van der Waals surface area contributed by atoms with Crippen molar-refractivity contribution < 1.29 is 4.74 Å². The largest absolute Gasteiger partial charge is 0.496 e. The molecule has 2 aromatic carbocycles. The molecule has 92 valence electrons. The van der Waals surface area contributed by atoms with Crippen molar-refractivity contribution in [3.05, 3.63) is 59.7 Å². The molecule has 0 spiro atoms. The van der Waals surface area contributed by atoms with E-state index in [1.54, 1.807) is 13.3 Å². The van der Waals surface area contributed by atoms with Gasteiger partial charge in [-0.25, -0.2) is 0 Å². The standard InChI is InChI=1S/C15H16N2O/c1-12-7-9-14(10-8-12)17-16-11-13-5-3-4-6-15(13)18-2/h3-11,17H,1-2H3/b16-11+. The molecule has 0 amide bonds. The van der Waals surface area contributed by atoms with Crippen LogP contribution in [-0.4, -0.2) is 13.3 Å². The van der Waals surface area contributed by atoms with E-state index in [4.69, 9.17) is 4.74 Å². The molecule has 3 heteroatoms. The number of hydrogen-bond acceptors (Lipinski definition) is 3. The van der Waals surface area contributed by atoms with Gasteiger partial charge in [0.1, 0.15) is 5.75 Å². The van der Waals surface area contributed by atoms with Crippen molar-refractivity contribution in [3.8, 4) is 5.75 Å². The Labute approximate surface area is 107 Å². The van der Waals surface area contributed by atoms with Crippen molar-refractivity contribution in [2.45, 2.75) is 6.92 Å². The van der Waals surface area contributed by atoms with Gasteiger partial charge in [0.05, 0.1) is 19.0 Å². The van der Waals surface area contributed by atoms with Crippen LogP contribution in [0.25, 0.3) is 0 Å². The van der Waals surface area contributed by atoms with Crippen LogP contribution in [-0.2, 0) is 0 Å². The number of ether oxygens (including phenoxy) is 1. The van der Waals surface area contributed by atoms with E-state index < -0.39 is 0 Å². The lowest BCUT2D eigenvalue weighted by Crippen LogP contribution is -1.93. The molecule has 0 unspecified atom stereocenters. The highest BCUT2D eigenvalue weighted by Gasteiger charge is 1.97. The van der Waals surface area contributed by atoms with Crippen LogP contribution in [0.2, 0.25) is 0 Å². The molecule has 3 nitrogen and oxygen atoms in total. The zero-order valence-electron chi connectivity index (χ0n) is 10.6. The molecule has 1 N–H and O–H groups in total. The number of benzene rings is 2. The maximum atomic E-state index is 5.24. The normalized spacial score (nSPS) is 10.6. The number of rotatable bonds is 4. The summed E-state index contributed by atoms with van der Waals surface area (Å²) < 4.78 is 5.24. The third-order valence-electron chi connectivity index (χ3n) is 2.59. The number of hydrazone groups is 1. The van der Waals surface area contributed by atoms with E-state index in [0.29, 0.717) is 0 Å². The van der Waals surface area contributed by atoms with E-state index in [2.05, 4.69) is 17.5 Å². The fraction of sp³-hybridized carbons (Fsp3) is 0.133. The summed E-state index contributed by atoms with van der Waals surface area (Å²) in [6, 6.07) is 15.8. The number of aryl methyl sites for hydroxylation is 1. The Morgan fingerprint density at radius 3 is 2.50 bits per heavy atom. The summed E-state index contributed by atoms with van der Waals surface area (Å²) in [4.78, 5) is 0. The van der Waals surface area contributed by atoms with Crippen molar-refractivity contribution in [1.29, 1.82) is 0 Å². The van der Waals surface area contributed by atoms with Gasteiger partial charge in [-0.15, -0.1) is 0 Å².